The predicted octanol–water partition coefficient (Wildman–Crippen LogP) is 6.06. The minimum absolute atomic E-state index is 0.167. The van der Waals surface area contributed by atoms with Crippen molar-refractivity contribution >= 4 is 24.0 Å². The summed E-state index contributed by atoms with van der Waals surface area (Å²) in [5.41, 5.74) is 0.283. The number of benzene rings is 2. The van der Waals surface area contributed by atoms with Gasteiger partial charge in [-0.05, 0) is 72.4 Å². The molecule has 2 saturated heterocycles. The number of rotatable bonds is 6. The lowest BCUT2D eigenvalue weighted by molar-refractivity contribution is -0.161. The van der Waals surface area contributed by atoms with E-state index in [9.17, 15) is 14.4 Å². The SMILES string of the molecule is COC(=O)[C@]12C[C@@H](C(=O)OC(C)(C)C)[C@@H](/C=C/c3ccccc3)N1[C@H](c1ccc(C)cc1)[C@H](C(=O)OC(C)(C)C)C2. The van der Waals surface area contributed by atoms with Gasteiger partial charge in [-0.1, -0.05) is 72.3 Å². The molecule has 2 aromatic carbocycles. The van der Waals surface area contributed by atoms with Crippen molar-refractivity contribution in [1.29, 1.82) is 0 Å². The number of hydrogen-bond donors (Lipinski definition) is 0. The van der Waals surface area contributed by atoms with Crippen LogP contribution in [0.5, 0.6) is 0 Å². The zero-order valence-electron chi connectivity index (χ0n) is 25.5. The van der Waals surface area contributed by atoms with Crippen LogP contribution >= 0.6 is 0 Å². The van der Waals surface area contributed by atoms with Crippen LogP contribution in [-0.2, 0) is 28.6 Å². The standard InChI is InChI=1S/C34H43NO6/c1-22-14-17-24(18-15-22)28-26(30(37)41-33(5,6)7)21-34(31(38)39-8)20-25(29(36)40-32(2,3)4)27(35(28)34)19-16-23-12-10-9-11-13-23/h9-19,25-28H,20-21H2,1-8H3/b19-16+/t25-,26-,27-,28-,34-/m1/s1. The third-order valence-electron chi connectivity index (χ3n) is 7.71. The van der Waals surface area contributed by atoms with Crippen molar-refractivity contribution < 1.29 is 28.6 Å². The Hall–Kier alpha value is -3.45. The van der Waals surface area contributed by atoms with Gasteiger partial charge in [-0.2, -0.15) is 0 Å². The fourth-order valence-electron chi connectivity index (χ4n) is 6.19. The number of ether oxygens (including phenoxy) is 3. The van der Waals surface area contributed by atoms with Gasteiger partial charge in [-0.25, -0.2) is 0 Å². The summed E-state index contributed by atoms with van der Waals surface area (Å²) in [5, 5.41) is 0. The lowest BCUT2D eigenvalue weighted by atomic mass is 9.83. The Bertz CT molecular complexity index is 1290. The molecule has 7 heteroatoms. The maximum atomic E-state index is 13.8. The van der Waals surface area contributed by atoms with E-state index in [2.05, 4.69) is 0 Å². The third-order valence-corrected chi connectivity index (χ3v) is 7.71. The second-order valence-electron chi connectivity index (χ2n) is 13.2. The van der Waals surface area contributed by atoms with Crippen molar-refractivity contribution in [3.8, 4) is 0 Å². The number of esters is 3. The Morgan fingerprint density at radius 2 is 1.37 bits per heavy atom. The van der Waals surface area contributed by atoms with Crippen LogP contribution in [0.3, 0.4) is 0 Å². The number of carbonyl (C=O) groups excluding carboxylic acids is 3. The lowest BCUT2D eigenvalue weighted by Gasteiger charge is -2.36. The highest BCUT2D eigenvalue weighted by molar-refractivity contribution is 5.88. The van der Waals surface area contributed by atoms with Crippen molar-refractivity contribution in [3.05, 3.63) is 77.4 Å². The number of fused-ring (bicyclic) bond motifs is 1. The molecule has 0 unspecified atom stereocenters. The van der Waals surface area contributed by atoms with Crippen LogP contribution in [-0.4, -0.2) is 52.7 Å². The monoisotopic (exact) mass is 561 g/mol. The Labute approximate surface area is 243 Å². The summed E-state index contributed by atoms with van der Waals surface area (Å²) in [6.45, 7) is 13.0. The molecule has 41 heavy (non-hydrogen) atoms. The number of nitrogens with zero attached hydrogens (tertiary/aromatic N) is 1. The molecule has 0 saturated carbocycles. The lowest BCUT2D eigenvalue weighted by Crippen LogP contribution is -2.49. The fraction of sp³-hybridized carbons (Fsp3) is 0.500. The van der Waals surface area contributed by atoms with Crippen LogP contribution in [0.25, 0.3) is 6.08 Å². The van der Waals surface area contributed by atoms with Crippen LogP contribution in [0.4, 0.5) is 0 Å². The largest absolute Gasteiger partial charge is 0.468 e. The molecular weight excluding hydrogens is 518 g/mol. The second kappa shape index (κ2) is 11.4. The average Bonchev–Trinajstić information content (AvgIpc) is 3.39. The molecule has 2 fully saturated rings. The minimum Gasteiger partial charge on any atom is -0.468 e. The van der Waals surface area contributed by atoms with Gasteiger partial charge in [0.05, 0.1) is 18.9 Å². The summed E-state index contributed by atoms with van der Waals surface area (Å²) in [6.07, 6.45) is 4.26. The molecule has 5 atom stereocenters. The van der Waals surface area contributed by atoms with E-state index >= 15 is 0 Å². The number of methoxy groups -OCH3 is 1. The maximum absolute atomic E-state index is 13.8. The van der Waals surface area contributed by atoms with Crippen LogP contribution in [0.1, 0.15) is 77.1 Å². The predicted molar refractivity (Wildman–Crippen MR) is 158 cm³/mol. The Morgan fingerprint density at radius 3 is 1.90 bits per heavy atom. The molecule has 0 bridgehead atoms. The molecule has 0 N–H and O–H groups in total. The van der Waals surface area contributed by atoms with Crippen LogP contribution < -0.4 is 0 Å². The summed E-state index contributed by atoms with van der Waals surface area (Å²) in [5.74, 6) is -2.52. The Kier molecular flexibility index (Phi) is 8.51. The smallest absolute Gasteiger partial charge is 0.326 e. The van der Waals surface area contributed by atoms with Gasteiger partial charge in [0.25, 0.3) is 0 Å². The van der Waals surface area contributed by atoms with Crippen molar-refractivity contribution in [1.82, 2.24) is 4.90 Å². The quantitative estimate of drug-likeness (QED) is 0.313. The number of carbonyl (C=O) groups is 3. The van der Waals surface area contributed by atoms with Gasteiger partial charge in [0.2, 0.25) is 0 Å². The van der Waals surface area contributed by atoms with Crippen molar-refractivity contribution in [2.45, 2.75) is 90.1 Å². The molecule has 7 nitrogen and oxygen atoms in total. The zero-order chi connectivity index (χ0) is 30.2. The van der Waals surface area contributed by atoms with Gasteiger partial charge in [0, 0.05) is 12.1 Å². The van der Waals surface area contributed by atoms with E-state index in [1.54, 1.807) is 0 Å². The van der Waals surface area contributed by atoms with E-state index in [4.69, 9.17) is 14.2 Å². The van der Waals surface area contributed by atoms with E-state index in [1.165, 1.54) is 7.11 Å². The second-order valence-corrected chi connectivity index (χ2v) is 13.2. The molecule has 0 radical (unpaired) electrons. The Balaban J connectivity index is 1.90. The topological polar surface area (TPSA) is 82.1 Å². The fourth-order valence-corrected chi connectivity index (χ4v) is 6.19. The highest BCUT2D eigenvalue weighted by Gasteiger charge is 2.68. The maximum Gasteiger partial charge on any atom is 0.326 e. The van der Waals surface area contributed by atoms with E-state index in [0.29, 0.717) is 0 Å². The number of aryl methyl sites for hydroxylation is 1. The van der Waals surface area contributed by atoms with E-state index in [1.807, 2.05) is 120 Å². The summed E-state index contributed by atoms with van der Waals surface area (Å²) >= 11 is 0. The molecule has 4 rings (SSSR count). The van der Waals surface area contributed by atoms with Crippen LogP contribution in [0, 0.1) is 18.8 Å². The highest BCUT2D eigenvalue weighted by atomic mass is 16.6. The summed E-state index contributed by atoms with van der Waals surface area (Å²) in [7, 11) is 1.35. The van der Waals surface area contributed by atoms with E-state index in [-0.39, 0.29) is 24.8 Å². The van der Waals surface area contributed by atoms with Crippen molar-refractivity contribution in [2.24, 2.45) is 11.8 Å². The molecule has 2 aliphatic heterocycles. The molecular formula is C34H43NO6. The molecule has 0 amide bonds. The molecule has 0 aliphatic carbocycles. The molecule has 2 heterocycles. The molecule has 0 spiro atoms. The van der Waals surface area contributed by atoms with Crippen molar-refractivity contribution in [2.75, 3.05) is 7.11 Å². The first kappa shape index (κ1) is 30.5. The van der Waals surface area contributed by atoms with Crippen LogP contribution in [0.2, 0.25) is 0 Å². The first-order valence-electron chi connectivity index (χ1n) is 14.3. The normalized spacial score (nSPS) is 26.5. The van der Waals surface area contributed by atoms with Crippen LogP contribution in [0.15, 0.2) is 60.7 Å². The zero-order valence-corrected chi connectivity index (χ0v) is 25.5. The van der Waals surface area contributed by atoms with Crippen molar-refractivity contribution in [3.63, 3.8) is 0 Å². The molecule has 220 valence electrons. The van der Waals surface area contributed by atoms with E-state index < -0.39 is 46.6 Å². The van der Waals surface area contributed by atoms with Gasteiger partial charge < -0.3 is 14.2 Å². The first-order valence-corrected chi connectivity index (χ1v) is 14.3. The van der Waals surface area contributed by atoms with Gasteiger partial charge in [-0.15, -0.1) is 0 Å². The average molecular weight is 562 g/mol. The van der Waals surface area contributed by atoms with Gasteiger partial charge >= 0.3 is 17.9 Å². The van der Waals surface area contributed by atoms with Gasteiger partial charge in [0.1, 0.15) is 16.7 Å². The molecule has 0 aromatic heterocycles. The summed E-state index contributed by atoms with van der Waals surface area (Å²) in [4.78, 5) is 43.3. The molecule has 2 aliphatic rings. The summed E-state index contributed by atoms with van der Waals surface area (Å²) in [6, 6.07) is 16.7. The highest BCUT2D eigenvalue weighted by Crippen LogP contribution is 2.57. The van der Waals surface area contributed by atoms with Gasteiger partial charge in [0.15, 0.2) is 0 Å². The third kappa shape index (κ3) is 6.56. The minimum atomic E-state index is -1.22. The van der Waals surface area contributed by atoms with Gasteiger partial charge in [-0.3, -0.25) is 19.3 Å². The number of hydrogen-bond acceptors (Lipinski definition) is 7. The van der Waals surface area contributed by atoms with E-state index in [0.717, 1.165) is 16.7 Å². The first-order chi connectivity index (χ1) is 19.1. The Morgan fingerprint density at radius 1 is 0.829 bits per heavy atom. The molecule has 2 aromatic rings. The summed E-state index contributed by atoms with van der Waals surface area (Å²) < 4.78 is 17.2.